The molecule has 130 valence electrons. The molecule has 0 N–H and O–H groups in total. The Kier molecular flexibility index (Phi) is 5.67. The number of fused-ring (bicyclic) bond motifs is 1. The summed E-state index contributed by atoms with van der Waals surface area (Å²) < 4.78 is 3.18. The average molecular weight is 448 g/mol. The molecular formula is C19H21IN4O. The second kappa shape index (κ2) is 7.95. The van der Waals surface area contributed by atoms with Gasteiger partial charge in [0.2, 0.25) is 0 Å². The van der Waals surface area contributed by atoms with E-state index in [1.165, 1.54) is 0 Å². The maximum Gasteiger partial charge on any atom is 0.254 e. The first kappa shape index (κ1) is 17.8. The van der Waals surface area contributed by atoms with E-state index >= 15 is 0 Å². The molecule has 0 radical (unpaired) electrons. The second-order valence-corrected chi connectivity index (χ2v) is 7.10. The van der Waals surface area contributed by atoms with Gasteiger partial charge in [-0.05, 0) is 66.3 Å². The minimum Gasteiger partial charge on any atom is -0.331 e. The molecule has 3 rings (SSSR count). The number of benzene rings is 1. The van der Waals surface area contributed by atoms with E-state index in [4.69, 9.17) is 4.98 Å². The van der Waals surface area contributed by atoms with Gasteiger partial charge in [0.1, 0.15) is 11.3 Å². The molecule has 3 aromatic rings. The highest BCUT2D eigenvalue weighted by Gasteiger charge is 2.19. The van der Waals surface area contributed by atoms with Crippen LogP contribution in [0.2, 0.25) is 0 Å². The van der Waals surface area contributed by atoms with Crippen molar-refractivity contribution in [2.24, 2.45) is 0 Å². The summed E-state index contributed by atoms with van der Waals surface area (Å²) in [6, 6.07) is 11.5. The molecule has 25 heavy (non-hydrogen) atoms. The van der Waals surface area contributed by atoms with E-state index in [1.807, 2.05) is 48.2 Å². The molecule has 1 aromatic carbocycles. The quantitative estimate of drug-likeness (QED) is 0.534. The van der Waals surface area contributed by atoms with Crippen LogP contribution >= 0.6 is 22.6 Å². The van der Waals surface area contributed by atoms with Crippen molar-refractivity contribution in [2.45, 2.75) is 33.4 Å². The Bertz CT molecular complexity index is 890. The maximum atomic E-state index is 12.9. The van der Waals surface area contributed by atoms with Gasteiger partial charge in [0.05, 0.1) is 6.54 Å². The van der Waals surface area contributed by atoms with Crippen LogP contribution in [-0.2, 0) is 13.1 Å². The van der Waals surface area contributed by atoms with Crippen LogP contribution in [-0.4, -0.2) is 31.9 Å². The van der Waals surface area contributed by atoms with Gasteiger partial charge in [-0.25, -0.2) is 9.97 Å². The molecule has 2 aromatic heterocycles. The minimum absolute atomic E-state index is 0.0316. The Hall–Kier alpha value is -1.96. The van der Waals surface area contributed by atoms with Crippen LogP contribution in [0.25, 0.3) is 11.2 Å². The predicted molar refractivity (Wildman–Crippen MR) is 107 cm³/mol. The van der Waals surface area contributed by atoms with E-state index in [2.05, 4.69) is 39.1 Å². The first-order valence-electron chi connectivity index (χ1n) is 8.49. The third-order valence-electron chi connectivity index (χ3n) is 4.10. The van der Waals surface area contributed by atoms with E-state index in [0.717, 1.165) is 33.5 Å². The Labute approximate surface area is 161 Å². The smallest absolute Gasteiger partial charge is 0.254 e. The molecule has 0 atom stereocenters. The van der Waals surface area contributed by atoms with Gasteiger partial charge in [-0.2, -0.15) is 0 Å². The van der Waals surface area contributed by atoms with Gasteiger partial charge in [-0.15, -0.1) is 0 Å². The zero-order valence-electron chi connectivity index (χ0n) is 14.4. The van der Waals surface area contributed by atoms with E-state index < -0.39 is 0 Å². The highest BCUT2D eigenvalue weighted by atomic mass is 127. The fourth-order valence-electron chi connectivity index (χ4n) is 2.89. The number of carbonyl (C=O) groups is 1. The first-order valence-corrected chi connectivity index (χ1v) is 9.56. The number of amides is 1. The van der Waals surface area contributed by atoms with Crippen molar-refractivity contribution in [3.63, 3.8) is 0 Å². The molecule has 5 nitrogen and oxygen atoms in total. The second-order valence-electron chi connectivity index (χ2n) is 5.86. The third kappa shape index (κ3) is 3.84. The summed E-state index contributed by atoms with van der Waals surface area (Å²) in [6.07, 6.45) is 2.78. The molecule has 0 aliphatic heterocycles. The summed E-state index contributed by atoms with van der Waals surface area (Å²) in [5, 5.41) is 0. The minimum atomic E-state index is 0.0316. The van der Waals surface area contributed by atoms with Crippen molar-refractivity contribution in [2.75, 3.05) is 6.54 Å². The Morgan fingerprint density at radius 2 is 2.08 bits per heavy atom. The largest absolute Gasteiger partial charge is 0.331 e. The Balaban J connectivity index is 1.92. The number of carbonyl (C=O) groups excluding carboxylic acids is 1. The lowest BCUT2D eigenvalue weighted by Crippen LogP contribution is -2.31. The topological polar surface area (TPSA) is 51.0 Å². The average Bonchev–Trinajstić information content (AvgIpc) is 2.97. The number of rotatable bonds is 6. The number of imidazole rings is 1. The van der Waals surface area contributed by atoms with E-state index in [0.29, 0.717) is 18.7 Å². The van der Waals surface area contributed by atoms with E-state index in [9.17, 15) is 4.79 Å². The zero-order valence-corrected chi connectivity index (χ0v) is 16.6. The summed E-state index contributed by atoms with van der Waals surface area (Å²) in [4.78, 5) is 23.9. The third-order valence-corrected chi connectivity index (χ3v) is 4.77. The number of halogens is 1. The molecule has 6 heteroatoms. The van der Waals surface area contributed by atoms with Gasteiger partial charge in [0, 0.05) is 28.4 Å². The van der Waals surface area contributed by atoms with Crippen LogP contribution in [0.3, 0.4) is 0 Å². The lowest BCUT2D eigenvalue weighted by atomic mass is 10.2. The van der Waals surface area contributed by atoms with Crippen molar-refractivity contribution in [3.8, 4) is 0 Å². The van der Waals surface area contributed by atoms with Gasteiger partial charge < -0.3 is 9.47 Å². The first-order chi connectivity index (χ1) is 12.1. The maximum absolute atomic E-state index is 12.9. The van der Waals surface area contributed by atoms with Gasteiger partial charge in [0.25, 0.3) is 5.91 Å². The predicted octanol–water partition coefficient (Wildman–Crippen LogP) is 4.11. The summed E-state index contributed by atoms with van der Waals surface area (Å²) in [7, 11) is 0. The van der Waals surface area contributed by atoms with Crippen LogP contribution < -0.4 is 0 Å². The lowest BCUT2D eigenvalue weighted by molar-refractivity contribution is 0.0747. The SMILES string of the molecule is CCCn1c(CN(CC)C(=O)c2cccc(I)c2)nc2cccnc21. The number of hydrogen-bond acceptors (Lipinski definition) is 3. The number of nitrogens with zero attached hydrogens (tertiary/aromatic N) is 4. The van der Waals surface area contributed by atoms with Crippen molar-refractivity contribution in [1.82, 2.24) is 19.4 Å². The molecule has 0 aliphatic rings. The Morgan fingerprint density at radius 1 is 1.24 bits per heavy atom. The van der Waals surface area contributed by atoms with Crippen molar-refractivity contribution >= 4 is 39.7 Å². The normalized spacial score (nSPS) is 11.0. The zero-order chi connectivity index (χ0) is 17.8. The van der Waals surface area contributed by atoms with E-state index in [1.54, 1.807) is 6.20 Å². The number of aryl methyl sites for hydroxylation is 1. The molecular weight excluding hydrogens is 427 g/mol. The summed E-state index contributed by atoms with van der Waals surface area (Å²) in [5.41, 5.74) is 2.48. The van der Waals surface area contributed by atoms with Crippen molar-refractivity contribution in [1.29, 1.82) is 0 Å². The van der Waals surface area contributed by atoms with Gasteiger partial charge in [0.15, 0.2) is 5.65 Å². The fraction of sp³-hybridized carbons (Fsp3) is 0.316. The monoisotopic (exact) mass is 448 g/mol. The standard InChI is InChI=1S/C19H21IN4O/c1-3-11-24-17(22-16-9-6-10-21-18(16)24)13-23(4-2)19(25)14-7-5-8-15(20)12-14/h5-10,12H,3-4,11,13H2,1-2H3. The van der Waals surface area contributed by atoms with E-state index in [-0.39, 0.29) is 5.91 Å². The molecule has 0 fully saturated rings. The van der Waals surface area contributed by atoms with Crippen LogP contribution in [0.1, 0.15) is 36.5 Å². The summed E-state index contributed by atoms with van der Waals surface area (Å²) >= 11 is 2.23. The molecule has 0 saturated heterocycles. The van der Waals surface area contributed by atoms with Crippen molar-refractivity contribution in [3.05, 3.63) is 57.6 Å². The van der Waals surface area contributed by atoms with Crippen LogP contribution in [0, 0.1) is 3.57 Å². The molecule has 0 saturated carbocycles. The molecule has 2 heterocycles. The van der Waals surface area contributed by atoms with Crippen LogP contribution in [0.4, 0.5) is 0 Å². The van der Waals surface area contributed by atoms with Gasteiger partial charge in [-0.3, -0.25) is 4.79 Å². The number of pyridine rings is 1. The fourth-order valence-corrected chi connectivity index (χ4v) is 3.43. The molecule has 0 bridgehead atoms. The number of hydrogen-bond donors (Lipinski definition) is 0. The molecule has 0 unspecified atom stereocenters. The van der Waals surface area contributed by atoms with Crippen LogP contribution in [0.5, 0.6) is 0 Å². The summed E-state index contributed by atoms with van der Waals surface area (Å²) in [6.45, 7) is 6.09. The van der Waals surface area contributed by atoms with Crippen molar-refractivity contribution < 1.29 is 4.79 Å². The lowest BCUT2D eigenvalue weighted by Gasteiger charge is -2.21. The van der Waals surface area contributed by atoms with Gasteiger partial charge in [-0.1, -0.05) is 13.0 Å². The highest BCUT2D eigenvalue weighted by molar-refractivity contribution is 14.1. The Morgan fingerprint density at radius 3 is 2.80 bits per heavy atom. The van der Waals surface area contributed by atoms with Crippen LogP contribution in [0.15, 0.2) is 42.6 Å². The summed E-state index contributed by atoms with van der Waals surface area (Å²) in [5.74, 6) is 0.917. The molecule has 0 spiro atoms. The molecule has 0 aliphatic carbocycles. The van der Waals surface area contributed by atoms with Gasteiger partial charge >= 0.3 is 0 Å². The highest BCUT2D eigenvalue weighted by Crippen LogP contribution is 2.17. The number of aromatic nitrogens is 3. The molecule has 1 amide bonds.